The molecule has 4 N–H and O–H groups in total. The van der Waals surface area contributed by atoms with Gasteiger partial charge in [0.15, 0.2) is 11.5 Å². The number of rotatable bonds is 5. The maximum Gasteiger partial charge on any atom is 0.261 e. The molecule has 0 amide bonds. The molecule has 2 heterocycles. The molecule has 136 valence electrons. The second-order valence-corrected chi connectivity index (χ2v) is 5.79. The van der Waals surface area contributed by atoms with E-state index < -0.39 is 5.56 Å². The number of nitrogens with one attached hydrogen (secondary N) is 2. The van der Waals surface area contributed by atoms with Gasteiger partial charge in [-0.2, -0.15) is 0 Å². The zero-order valence-corrected chi connectivity index (χ0v) is 15.3. The monoisotopic (exact) mass is 375 g/mol. The predicted molar refractivity (Wildman–Crippen MR) is 103 cm³/mol. The number of imidazole rings is 1. The summed E-state index contributed by atoms with van der Waals surface area (Å²) >= 11 is 6.35. The lowest BCUT2D eigenvalue weighted by Gasteiger charge is -2.06. The number of halogens is 1. The van der Waals surface area contributed by atoms with Gasteiger partial charge < -0.3 is 25.2 Å². The molecule has 3 rings (SSSR count). The third-order valence-corrected chi connectivity index (χ3v) is 4.24. The molecule has 0 unspecified atom stereocenters. The lowest BCUT2D eigenvalue weighted by Crippen LogP contribution is -2.15. The van der Waals surface area contributed by atoms with E-state index in [-0.39, 0.29) is 16.3 Å². The van der Waals surface area contributed by atoms with E-state index in [2.05, 4.69) is 19.9 Å². The van der Waals surface area contributed by atoms with Crippen LogP contribution in [0, 0.1) is 0 Å². The number of fused-ring (bicyclic) bond motifs is 1. The van der Waals surface area contributed by atoms with Gasteiger partial charge >= 0.3 is 0 Å². The molecule has 0 radical (unpaired) electrons. The van der Waals surface area contributed by atoms with Crippen LogP contribution >= 0.6 is 11.6 Å². The van der Waals surface area contributed by atoms with Gasteiger partial charge in [-0.25, -0.2) is 4.98 Å². The molecule has 26 heavy (non-hydrogen) atoms. The summed E-state index contributed by atoms with van der Waals surface area (Å²) in [5.41, 5.74) is 7.65. The number of pyridine rings is 1. The minimum Gasteiger partial charge on any atom is -0.493 e. The fraction of sp³-hybridized carbons (Fsp3) is 0.235. The number of hydrogen-bond acceptors (Lipinski definition) is 6. The standard InChI is InChI=1S/C17H18ClN5O3/c1-4-20-7-10-15(19)14(18)13(17(24)23-10)16-21-8-5-11(25-2)12(26-3)6-9(8)22-16/h5-7H,4,19H2,1-3H3,(H,21,22)(H,23,24). The first-order valence-corrected chi connectivity index (χ1v) is 8.21. The molecule has 3 aromatic rings. The van der Waals surface area contributed by atoms with E-state index in [1.165, 1.54) is 13.3 Å². The number of aromatic nitrogens is 3. The molecule has 2 aromatic heterocycles. The van der Waals surface area contributed by atoms with Crippen molar-refractivity contribution in [1.29, 1.82) is 0 Å². The number of methoxy groups -OCH3 is 2. The van der Waals surface area contributed by atoms with Crippen LogP contribution < -0.4 is 20.8 Å². The predicted octanol–water partition coefficient (Wildman–Crippen LogP) is 2.61. The number of aliphatic imine (C=N–C) groups is 1. The van der Waals surface area contributed by atoms with Crippen LogP contribution in [0.4, 0.5) is 5.69 Å². The number of anilines is 1. The van der Waals surface area contributed by atoms with Gasteiger partial charge in [0, 0.05) is 24.9 Å². The molecule has 0 fully saturated rings. The number of ether oxygens (including phenoxy) is 2. The summed E-state index contributed by atoms with van der Waals surface area (Å²) in [6, 6.07) is 3.44. The van der Waals surface area contributed by atoms with E-state index in [1.54, 1.807) is 19.2 Å². The summed E-state index contributed by atoms with van der Waals surface area (Å²) in [5, 5.41) is 0.115. The summed E-state index contributed by atoms with van der Waals surface area (Å²) in [6.45, 7) is 2.44. The van der Waals surface area contributed by atoms with Crippen LogP contribution in [0.5, 0.6) is 11.5 Å². The number of aromatic amines is 2. The smallest absolute Gasteiger partial charge is 0.261 e. The maximum absolute atomic E-state index is 12.5. The van der Waals surface area contributed by atoms with E-state index >= 15 is 0 Å². The van der Waals surface area contributed by atoms with Crippen molar-refractivity contribution >= 4 is 34.5 Å². The lowest BCUT2D eigenvalue weighted by molar-refractivity contribution is 0.356. The van der Waals surface area contributed by atoms with E-state index in [0.717, 1.165) is 0 Å². The number of nitrogen functional groups attached to an aromatic ring is 1. The highest BCUT2D eigenvalue weighted by molar-refractivity contribution is 6.36. The van der Waals surface area contributed by atoms with Crippen LogP contribution in [-0.2, 0) is 0 Å². The molecule has 0 aliphatic carbocycles. The van der Waals surface area contributed by atoms with Crippen molar-refractivity contribution in [3.8, 4) is 22.9 Å². The Morgan fingerprint density at radius 2 is 1.96 bits per heavy atom. The molecule has 0 saturated carbocycles. The SMILES string of the molecule is CCN=Cc1[nH]c(=O)c(-c2nc3cc(OC)c(OC)cc3[nH]2)c(Cl)c1N. The van der Waals surface area contributed by atoms with Gasteiger partial charge in [-0.3, -0.25) is 9.79 Å². The van der Waals surface area contributed by atoms with Crippen LogP contribution in [0.15, 0.2) is 21.9 Å². The minimum absolute atomic E-state index is 0.115. The van der Waals surface area contributed by atoms with Gasteiger partial charge in [0.2, 0.25) is 0 Å². The second-order valence-electron chi connectivity index (χ2n) is 5.41. The van der Waals surface area contributed by atoms with Gasteiger partial charge in [0.05, 0.1) is 41.7 Å². The van der Waals surface area contributed by atoms with Crippen molar-refractivity contribution in [2.45, 2.75) is 6.92 Å². The van der Waals surface area contributed by atoms with Crippen LogP contribution in [0.3, 0.4) is 0 Å². The fourth-order valence-corrected chi connectivity index (χ4v) is 2.83. The molecular formula is C17H18ClN5O3. The average Bonchev–Trinajstić information content (AvgIpc) is 3.04. The van der Waals surface area contributed by atoms with E-state index in [9.17, 15) is 4.79 Å². The summed E-state index contributed by atoms with van der Waals surface area (Å²) in [5.74, 6) is 1.37. The van der Waals surface area contributed by atoms with Crippen molar-refractivity contribution in [1.82, 2.24) is 15.0 Å². The van der Waals surface area contributed by atoms with E-state index in [0.29, 0.717) is 40.6 Å². The van der Waals surface area contributed by atoms with Gasteiger partial charge in [0.1, 0.15) is 11.4 Å². The number of H-pyrrole nitrogens is 2. The van der Waals surface area contributed by atoms with Crippen LogP contribution in [0.25, 0.3) is 22.4 Å². The average molecular weight is 376 g/mol. The number of nitrogens with zero attached hydrogens (tertiary/aromatic N) is 2. The largest absolute Gasteiger partial charge is 0.493 e. The fourth-order valence-electron chi connectivity index (χ4n) is 2.56. The van der Waals surface area contributed by atoms with Crippen molar-refractivity contribution in [3.05, 3.63) is 33.2 Å². The van der Waals surface area contributed by atoms with Crippen LogP contribution in [-0.4, -0.2) is 41.9 Å². The normalized spacial score (nSPS) is 11.4. The molecule has 0 aliphatic rings. The Morgan fingerprint density at radius 3 is 2.62 bits per heavy atom. The molecule has 0 aliphatic heterocycles. The van der Waals surface area contributed by atoms with Gasteiger partial charge in [-0.15, -0.1) is 0 Å². The lowest BCUT2D eigenvalue weighted by atomic mass is 10.2. The Labute approximate surface area is 154 Å². The zero-order valence-electron chi connectivity index (χ0n) is 14.5. The van der Waals surface area contributed by atoms with Crippen molar-refractivity contribution in [2.24, 2.45) is 4.99 Å². The second kappa shape index (κ2) is 7.09. The van der Waals surface area contributed by atoms with Crippen LogP contribution in [0.1, 0.15) is 12.6 Å². The summed E-state index contributed by atoms with van der Waals surface area (Å²) in [7, 11) is 3.08. The first-order chi connectivity index (χ1) is 12.5. The van der Waals surface area contributed by atoms with Crippen LogP contribution in [0.2, 0.25) is 5.02 Å². The maximum atomic E-state index is 12.5. The first-order valence-electron chi connectivity index (χ1n) is 7.83. The van der Waals surface area contributed by atoms with Gasteiger partial charge in [-0.05, 0) is 6.92 Å². The molecular weight excluding hydrogens is 358 g/mol. The summed E-state index contributed by atoms with van der Waals surface area (Å²) < 4.78 is 10.5. The minimum atomic E-state index is -0.417. The van der Waals surface area contributed by atoms with Crippen molar-refractivity contribution < 1.29 is 9.47 Å². The molecule has 0 atom stereocenters. The molecule has 0 saturated heterocycles. The summed E-state index contributed by atoms with van der Waals surface area (Å²) in [4.78, 5) is 26.8. The Balaban J connectivity index is 2.19. The third kappa shape index (κ3) is 2.99. The Hall–Kier alpha value is -3.00. The molecule has 0 spiro atoms. The third-order valence-electron chi connectivity index (χ3n) is 3.85. The zero-order chi connectivity index (χ0) is 18.8. The van der Waals surface area contributed by atoms with E-state index in [1.807, 2.05) is 6.92 Å². The Kier molecular flexibility index (Phi) is 4.85. The quantitative estimate of drug-likeness (QED) is 0.592. The highest BCUT2D eigenvalue weighted by atomic mass is 35.5. The first kappa shape index (κ1) is 17.8. The molecule has 1 aromatic carbocycles. The highest BCUT2D eigenvalue weighted by Crippen LogP contribution is 2.34. The topological polar surface area (TPSA) is 118 Å². The van der Waals surface area contributed by atoms with Gasteiger partial charge in [-0.1, -0.05) is 11.6 Å². The number of nitrogens with two attached hydrogens (primary N) is 1. The Bertz CT molecular complexity index is 1010. The van der Waals surface area contributed by atoms with Crippen molar-refractivity contribution in [2.75, 3.05) is 26.5 Å². The summed E-state index contributed by atoms with van der Waals surface area (Å²) in [6.07, 6.45) is 1.49. The number of hydrogen-bond donors (Lipinski definition) is 3. The molecule has 8 nitrogen and oxygen atoms in total. The molecule has 9 heteroatoms. The van der Waals surface area contributed by atoms with Crippen molar-refractivity contribution in [3.63, 3.8) is 0 Å². The molecule has 0 bridgehead atoms. The Morgan fingerprint density at radius 1 is 1.27 bits per heavy atom. The van der Waals surface area contributed by atoms with E-state index in [4.69, 9.17) is 26.8 Å². The number of benzene rings is 1. The highest BCUT2D eigenvalue weighted by Gasteiger charge is 2.19. The van der Waals surface area contributed by atoms with Gasteiger partial charge in [0.25, 0.3) is 5.56 Å².